The summed E-state index contributed by atoms with van der Waals surface area (Å²) in [6.07, 6.45) is 64.5. The SMILES string of the molecule is CCCCCCCC/C=C\CCCCCCCC(=O)OCCCCC/C=C\CCCCCCCC(=O)NC(CO)C(O)CCCCCCCCCCCCCCCCCCCCCC. The van der Waals surface area contributed by atoms with Crippen molar-refractivity contribution in [1.29, 1.82) is 0 Å². The maximum Gasteiger partial charge on any atom is 0.305 e. The number of carbonyl (C=O) groups is 2. The number of carbonyl (C=O) groups excluding carboxylic acids is 2. The van der Waals surface area contributed by atoms with Crippen LogP contribution in [0.5, 0.6) is 0 Å². The van der Waals surface area contributed by atoms with Gasteiger partial charge in [-0.3, -0.25) is 9.59 Å². The van der Waals surface area contributed by atoms with Gasteiger partial charge in [-0.2, -0.15) is 0 Å². The van der Waals surface area contributed by atoms with Crippen molar-refractivity contribution in [2.24, 2.45) is 0 Å². The van der Waals surface area contributed by atoms with E-state index >= 15 is 0 Å². The van der Waals surface area contributed by atoms with Crippen LogP contribution in [0.15, 0.2) is 24.3 Å². The Kier molecular flexibility index (Phi) is 52.6. The van der Waals surface area contributed by atoms with Gasteiger partial charge in [0.05, 0.1) is 25.4 Å². The summed E-state index contributed by atoms with van der Waals surface area (Å²) in [7, 11) is 0. The molecule has 0 radical (unpaired) electrons. The van der Waals surface area contributed by atoms with E-state index in [0.717, 1.165) is 77.0 Å². The van der Waals surface area contributed by atoms with Gasteiger partial charge in [-0.15, -0.1) is 0 Å². The highest BCUT2D eigenvalue weighted by atomic mass is 16.5. The van der Waals surface area contributed by atoms with E-state index in [2.05, 4.69) is 43.5 Å². The molecule has 6 heteroatoms. The van der Waals surface area contributed by atoms with E-state index in [9.17, 15) is 19.8 Å². The van der Waals surface area contributed by atoms with Crippen molar-refractivity contribution in [2.75, 3.05) is 13.2 Å². The average Bonchev–Trinajstić information content (AvgIpc) is 3.29. The zero-order valence-corrected chi connectivity index (χ0v) is 43.0. The highest BCUT2D eigenvalue weighted by Crippen LogP contribution is 2.17. The number of unbranched alkanes of at least 4 members (excludes halogenated alkanes) is 38. The van der Waals surface area contributed by atoms with E-state index in [1.165, 1.54) is 199 Å². The van der Waals surface area contributed by atoms with Crippen molar-refractivity contribution < 1.29 is 24.5 Å². The second-order valence-electron chi connectivity index (χ2n) is 19.6. The first kappa shape index (κ1) is 62.3. The van der Waals surface area contributed by atoms with Crippen LogP contribution in [0.4, 0.5) is 0 Å². The van der Waals surface area contributed by atoms with Gasteiger partial charge < -0.3 is 20.3 Å². The van der Waals surface area contributed by atoms with Gasteiger partial charge in [0.2, 0.25) is 5.91 Å². The largest absolute Gasteiger partial charge is 0.466 e. The predicted octanol–water partition coefficient (Wildman–Crippen LogP) is 17.5. The molecule has 0 spiro atoms. The Morgan fingerprint density at radius 1 is 0.422 bits per heavy atom. The van der Waals surface area contributed by atoms with Crippen LogP contribution < -0.4 is 5.32 Å². The smallest absolute Gasteiger partial charge is 0.305 e. The molecular formula is C58H111NO5. The van der Waals surface area contributed by atoms with E-state index in [1.54, 1.807) is 0 Å². The van der Waals surface area contributed by atoms with Crippen molar-refractivity contribution in [2.45, 2.75) is 321 Å². The fourth-order valence-corrected chi connectivity index (χ4v) is 8.81. The van der Waals surface area contributed by atoms with Crippen LogP contribution in [0.1, 0.15) is 309 Å². The third-order valence-electron chi connectivity index (χ3n) is 13.2. The van der Waals surface area contributed by atoms with Crippen LogP contribution >= 0.6 is 0 Å². The average molecular weight is 903 g/mol. The summed E-state index contributed by atoms with van der Waals surface area (Å²) in [5, 5.41) is 23.3. The van der Waals surface area contributed by atoms with Gasteiger partial charge in [-0.25, -0.2) is 0 Å². The summed E-state index contributed by atoms with van der Waals surface area (Å²) in [6, 6.07) is -0.561. The summed E-state index contributed by atoms with van der Waals surface area (Å²) in [6.45, 7) is 4.90. The fraction of sp³-hybridized carbons (Fsp3) is 0.897. The minimum atomic E-state index is -0.681. The molecule has 0 rings (SSSR count). The lowest BCUT2D eigenvalue weighted by molar-refractivity contribution is -0.143. The van der Waals surface area contributed by atoms with Gasteiger partial charge in [0.15, 0.2) is 0 Å². The Labute approximate surface area is 399 Å². The topological polar surface area (TPSA) is 95.9 Å². The molecule has 0 aliphatic heterocycles. The molecule has 3 N–H and O–H groups in total. The number of esters is 1. The van der Waals surface area contributed by atoms with Crippen LogP contribution in [0, 0.1) is 0 Å². The number of rotatable bonds is 53. The molecule has 0 aliphatic rings. The predicted molar refractivity (Wildman–Crippen MR) is 278 cm³/mol. The van der Waals surface area contributed by atoms with Gasteiger partial charge in [0.1, 0.15) is 0 Å². The fourth-order valence-electron chi connectivity index (χ4n) is 8.81. The molecule has 0 aromatic carbocycles. The summed E-state index contributed by atoms with van der Waals surface area (Å²) in [5.74, 6) is -0.0889. The van der Waals surface area contributed by atoms with Crippen molar-refractivity contribution in [3.63, 3.8) is 0 Å². The summed E-state index contributed by atoms with van der Waals surface area (Å²) in [5.41, 5.74) is 0. The zero-order valence-electron chi connectivity index (χ0n) is 43.0. The molecule has 2 unspecified atom stereocenters. The molecule has 0 aromatic heterocycles. The molecule has 0 heterocycles. The number of aliphatic hydroxyl groups excluding tert-OH is 2. The first-order chi connectivity index (χ1) is 31.5. The lowest BCUT2D eigenvalue weighted by Gasteiger charge is -2.22. The number of ether oxygens (including phenoxy) is 1. The molecule has 1 amide bonds. The van der Waals surface area contributed by atoms with Crippen LogP contribution in [-0.2, 0) is 14.3 Å². The molecule has 64 heavy (non-hydrogen) atoms. The summed E-state index contributed by atoms with van der Waals surface area (Å²) >= 11 is 0. The molecule has 2 atom stereocenters. The van der Waals surface area contributed by atoms with Gasteiger partial charge in [0, 0.05) is 12.8 Å². The maximum absolute atomic E-state index is 12.5. The standard InChI is InChI=1S/C58H111NO5/c1-3-5-7-9-11-13-15-17-19-20-21-22-23-25-26-30-34-38-42-46-50-56(61)55(54-60)59-57(62)51-47-43-39-35-31-28-29-33-37-41-45-49-53-64-58(63)52-48-44-40-36-32-27-24-18-16-14-12-10-8-6-4-2/h18,24,29,33,55-56,60-61H,3-17,19-23,25-28,30-32,34-54H2,1-2H3,(H,59,62)/b24-18-,33-29-. The van der Waals surface area contributed by atoms with Gasteiger partial charge in [-0.1, -0.05) is 237 Å². The Morgan fingerprint density at radius 3 is 1.11 bits per heavy atom. The lowest BCUT2D eigenvalue weighted by atomic mass is 10.0. The normalized spacial score (nSPS) is 12.8. The van der Waals surface area contributed by atoms with E-state index in [1.807, 2.05) is 0 Å². The zero-order chi connectivity index (χ0) is 46.5. The van der Waals surface area contributed by atoms with Crippen molar-refractivity contribution in [3.8, 4) is 0 Å². The van der Waals surface area contributed by atoms with Crippen molar-refractivity contribution in [1.82, 2.24) is 5.32 Å². The first-order valence-corrected chi connectivity index (χ1v) is 28.6. The molecule has 0 saturated heterocycles. The highest BCUT2D eigenvalue weighted by Gasteiger charge is 2.20. The number of allylic oxidation sites excluding steroid dienone is 4. The number of hydrogen-bond donors (Lipinski definition) is 3. The van der Waals surface area contributed by atoms with Gasteiger partial charge >= 0.3 is 5.97 Å². The molecule has 6 nitrogen and oxygen atoms in total. The Balaban J connectivity index is 3.50. The monoisotopic (exact) mass is 902 g/mol. The van der Waals surface area contributed by atoms with Gasteiger partial charge in [0.25, 0.3) is 0 Å². The molecular weight excluding hydrogens is 791 g/mol. The molecule has 0 aliphatic carbocycles. The third kappa shape index (κ3) is 49.8. The van der Waals surface area contributed by atoms with Gasteiger partial charge in [-0.05, 0) is 83.5 Å². The van der Waals surface area contributed by atoms with Crippen molar-refractivity contribution in [3.05, 3.63) is 24.3 Å². The molecule has 0 bridgehead atoms. The van der Waals surface area contributed by atoms with E-state index in [0.29, 0.717) is 25.9 Å². The second kappa shape index (κ2) is 54.0. The Hall–Kier alpha value is -1.66. The second-order valence-corrected chi connectivity index (χ2v) is 19.6. The van der Waals surface area contributed by atoms with Crippen LogP contribution in [0.25, 0.3) is 0 Å². The Bertz CT molecular complexity index is 997. The van der Waals surface area contributed by atoms with E-state index in [-0.39, 0.29) is 18.5 Å². The maximum atomic E-state index is 12.5. The lowest BCUT2D eigenvalue weighted by Crippen LogP contribution is -2.45. The van der Waals surface area contributed by atoms with E-state index < -0.39 is 12.1 Å². The Morgan fingerprint density at radius 2 is 0.734 bits per heavy atom. The number of amides is 1. The number of aliphatic hydroxyl groups is 2. The summed E-state index contributed by atoms with van der Waals surface area (Å²) in [4.78, 5) is 24.5. The van der Waals surface area contributed by atoms with Crippen molar-refractivity contribution >= 4 is 11.9 Å². The molecule has 0 fully saturated rings. The van der Waals surface area contributed by atoms with Crippen LogP contribution in [0.2, 0.25) is 0 Å². The first-order valence-electron chi connectivity index (χ1n) is 28.6. The quantitative estimate of drug-likeness (QED) is 0.0321. The molecule has 378 valence electrons. The molecule has 0 aromatic rings. The minimum Gasteiger partial charge on any atom is -0.466 e. The minimum absolute atomic E-state index is 0.0301. The molecule has 0 saturated carbocycles. The number of nitrogens with one attached hydrogen (secondary N) is 1. The van der Waals surface area contributed by atoms with Crippen LogP contribution in [0.3, 0.4) is 0 Å². The summed E-state index contributed by atoms with van der Waals surface area (Å²) < 4.78 is 5.45. The van der Waals surface area contributed by atoms with Crippen LogP contribution in [-0.4, -0.2) is 47.4 Å². The highest BCUT2D eigenvalue weighted by molar-refractivity contribution is 5.76. The third-order valence-corrected chi connectivity index (χ3v) is 13.2. The van der Waals surface area contributed by atoms with E-state index in [4.69, 9.17) is 4.74 Å². The number of hydrogen-bond acceptors (Lipinski definition) is 5.